The van der Waals surface area contributed by atoms with Crippen LogP contribution in [-0.4, -0.2) is 33.5 Å². The Morgan fingerprint density at radius 1 is 1.00 bits per heavy atom. The van der Waals surface area contributed by atoms with Gasteiger partial charge in [-0.05, 0) is 48.5 Å². The molecule has 0 aliphatic rings. The Bertz CT molecular complexity index is 1300. The number of nitrogens with zero attached hydrogens (tertiary/aromatic N) is 3. The minimum atomic E-state index is -0.665. The zero-order chi connectivity index (χ0) is 22.0. The van der Waals surface area contributed by atoms with Gasteiger partial charge in [-0.2, -0.15) is 0 Å². The van der Waals surface area contributed by atoms with Crippen LogP contribution in [0.3, 0.4) is 0 Å². The van der Waals surface area contributed by atoms with Crippen molar-refractivity contribution in [2.75, 3.05) is 17.7 Å². The minimum Gasteiger partial charge on any atom is -0.480 e. The number of imidazole rings is 1. The number of fused-ring (bicyclic) bond motifs is 1. The number of benzene rings is 2. The lowest BCUT2D eigenvalue weighted by Gasteiger charge is -2.11. The highest BCUT2D eigenvalue weighted by atomic mass is 19.1. The van der Waals surface area contributed by atoms with Crippen molar-refractivity contribution in [3.05, 3.63) is 78.0 Å². The number of amides is 2. The van der Waals surface area contributed by atoms with Crippen LogP contribution in [0.1, 0.15) is 20.7 Å². The fourth-order valence-corrected chi connectivity index (χ4v) is 3.12. The van der Waals surface area contributed by atoms with Gasteiger partial charge in [0.2, 0.25) is 5.88 Å². The van der Waals surface area contributed by atoms with Crippen molar-refractivity contribution in [1.82, 2.24) is 14.5 Å². The van der Waals surface area contributed by atoms with Gasteiger partial charge in [0, 0.05) is 30.1 Å². The van der Waals surface area contributed by atoms with E-state index in [2.05, 4.69) is 20.6 Å². The van der Waals surface area contributed by atoms with Gasteiger partial charge < -0.3 is 19.9 Å². The molecular weight excluding hydrogens is 401 g/mol. The number of carbonyl (C=O) groups excluding carboxylic acids is 2. The molecule has 0 radical (unpaired) electrons. The van der Waals surface area contributed by atoms with Gasteiger partial charge in [0.15, 0.2) is 0 Å². The second-order valence-corrected chi connectivity index (χ2v) is 6.76. The molecule has 0 aliphatic carbocycles. The van der Waals surface area contributed by atoms with Crippen LogP contribution in [0.5, 0.6) is 5.88 Å². The van der Waals surface area contributed by atoms with Gasteiger partial charge in [-0.3, -0.25) is 9.59 Å². The van der Waals surface area contributed by atoms with Crippen molar-refractivity contribution >= 4 is 34.2 Å². The molecule has 0 fully saturated rings. The first-order valence-electron chi connectivity index (χ1n) is 9.28. The average molecular weight is 419 g/mol. The van der Waals surface area contributed by atoms with Crippen molar-refractivity contribution < 1.29 is 18.7 Å². The lowest BCUT2D eigenvalue weighted by Crippen LogP contribution is -2.16. The summed E-state index contributed by atoms with van der Waals surface area (Å²) in [6, 6.07) is 11.9. The molecule has 0 saturated heterocycles. The molecule has 0 atom stereocenters. The smallest absolute Gasteiger partial charge is 0.255 e. The number of methoxy groups -OCH3 is 1. The molecule has 31 heavy (non-hydrogen) atoms. The molecule has 8 nitrogen and oxygen atoms in total. The van der Waals surface area contributed by atoms with Crippen LogP contribution < -0.4 is 15.4 Å². The van der Waals surface area contributed by atoms with Crippen molar-refractivity contribution in [3.8, 4) is 5.88 Å². The highest BCUT2D eigenvalue weighted by molar-refractivity contribution is 6.08. The number of hydrogen-bond acceptors (Lipinski definition) is 5. The molecule has 2 aromatic carbocycles. The van der Waals surface area contributed by atoms with E-state index in [-0.39, 0.29) is 17.1 Å². The lowest BCUT2D eigenvalue weighted by molar-refractivity contribution is 0.101. The van der Waals surface area contributed by atoms with Gasteiger partial charge in [-0.1, -0.05) is 0 Å². The molecule has 0 saturated carbocycles. The molecule has 4 aromatic rings. The first kappa shape index (κ1) is 20.0. The number of ether oxygens (including phenoxy) is 1. The number of aromatic nitrogens is 3. The maximum absolute atomic E-state index is 14.2. The van der Waals surface area contributed by atoms with E-state index in [0.717, 1.165) is 17.6 Å². The maximum atomic E-state index is 14.2. The second kappa shape index (κ2) is 8.23. The van der Waals surface area contributed by atoms with Crippen LogP contribution in [0.25, 0.3) is 11.0 Å². The number of pyridine rings is 1. The number of rotatable bonds is 5. The molecule has 0 aliphatic heterocycles. The predicted octanol–water partition coefficient (Wildman–Crippen LogP) is 3.62. The Morgan fingerprint density at radius 3 is 2.61 bits per heavy atom. The van der Waals surface area contributed by atoms with Gasteiger partial charge in [0.05, 0.1) is 24.5 Å². The van der Waals surface area contributed by atoms with Crippen LogP contribution >= 0.6 is 0 Å². The van der Waals surface area contributed by atoms with Crippen LogP contribution in [0.15, 0.2) is 61.1 Å². The molecule has 9 heteroatoms. The molecule has 156 valence electrons. The van der Waals surface area contributed by atoms with E-state index in [9.17, 15) is 14.0 Å². The van der Waals surface area contributed by atoms with Crippen LogP contribution in [0, 0.1) is 5.82 Å². The molecule has 2 amide bonds. The number of halogens is 1. The summed E-state index contributed by atoms with van der Waals surface area (Å²) < 4.78 is 21.1. The molecule has 4 rings (SSSR count). The van der Waals surface area contributed by atoms with E-state index < -0.39 is 17.6 Å². The molecule has 0 bridgehead atoms. The molecule has 2 aromatic heterocycles. The summed E-state index contributed by atoms with van der Waals surface area (Å²) in [5.41, 5.74) is 2.43. The summed E-state index contributed by atoms with van der Waals surface area (Å²) in [7, 11) is 3.28. The average Bonchev–Trinajstić information content (AvgIpc) is 3.13. The maximum Gasteiger partial charge on any atom is 0.255 e. The highest BCUT2D eigenvalue weighted by Crippen LogP contribution is 2.22. The number of hydrogen-bond donors (Lipinski definition) is 2. The Morgan fingerprint density at radius 2 is 1.81 bits per heavy atom. The van der Waals surface area contributed by atoms with E-state index >= 15 is 0 Å². The Hall–Kier alpha value is -4.27. The van der Waals surface area contributed by atoms with E-state index in [0.29, 0.717) is 16.8 Å². The SMILES string of the molecule is COc1ncccc1NC(=O)c1cc(F)cc(NC(=O)c2ccc3c(c2)ncn3C)c1. The van der Waals surface area contributed by atoms with Gasteiger partial charge in [0.1, 0.15) is 11.5 Å². The fourth-order valence-electron chi connectivity index (χ4n) is 3.12. The third-order valence-corrected chi connectivity index (χ3v) is 4.62. The van der Waals surface area contributed by atoms with Crippen LogP contribution in [0.4, 0.5) is 15.8 Å². The van der Waals surface area contributed by atoms with Gasteiger partial charge in [-0.15, -0.1) is 0 Å². The summed E-state index contributed by atoms with van der Waals surface area (Å²) in [6.45, 7) is 0. The minimum absolute atomic E-state index is 0.0291. The quantitative estimate of drug-likeness (QED) is 0.515. The number of carbonyl (C=O) groups is 2. The summed E-state index contributed by atoms with van der Waals surface area (Å²) in [5, 5.41) is 5.24. The predicted molar refractivity (Wildman–Crippen MR) is 114 cm³/mol. The zero-order valence-corrected chi connectivity index (χ0v) is 16.7. The van der Waals surface area contributed by atoms with Gasteiger partial charge in [-0.25, -0.2) is 14.4 Å². The van der Waals surface area contributed by atoms with Gasteiger partial charge >= 0.3 is 0 Å². The third kappa shape index (κ3) is 4.20. The molecular formula is C22H18FN5O3. The Kier molecular flexibility index (Phi) is 5.31. The van der Waals surface area contributed by atoms with E-state index in [1.54, 1.807) is 36.7 Å². The first-order valence-corrected chi connectivity index (χ1v) is 9.28. The highest BCUT2D eigenvalue weighted by Gasteiger charge is 2.15. The topological polar surface area (TPSA) is 98.1 Å². The summed E-state index contributed by atoms with van der Waals surface area (Å²) >= 11 is 0. The van der Waals surface area contributed by atoms with Crippen molar-refractivity contribution in [2.45, 2.75) is 0 Å². The van der Waals surface area contributed by atoms with E-state index in [1.807, 2.05) is 11.6 Å². The standard InChI is InChI=1S/C22H18FN5O3/c1-28-12-25-18-10-13(5-6-19(18)28)20(29)26-16-9-14(8-15(23)11-16)21(30)27-17-4-3-7-24-22(17)31-2/h3-12H,1-2H3,(H,26,29)(H,27,30). The number of nitrogens with one attached hydrogen (secondary N) is 2. The number of aryl methyl sites for hydroxylation is 1. The van der Waals surface area contributed by atoms with Crippen molar-refractivity contribution in [1.29, 1.82) is 0 Å². The van der Waals surface area contributed by atoms with E-state index in [4.69, 9.17) is 4.74 Å². The van der Waals surface area contributed by atoms with Crippen LogP contribution in [0.2, 0.25) is 0 Å². The van der Waals surface area contributed by atoms with Crippen LogP contribution in [-0.2, 0) is 7.05 Å². The largest absolute Gasteiger partial charge is 0.480 e. The fraction of sp³-hybridized carbons (Fsp3) is 0.0909. The Labute approximate surface area is 176 Å². The number of anilines is 2. The summed E-state index contributed by atoms with van der Waals surface area (Å²) in [4.78, 5) is 33.5. The molecule has 2 heterocycles. The third-order valence-electron chi connectivity index (χ3n) is 4.62. The Balaban J connectivity index is 1.55. The first-order chi connectivity index (χ1) is 14.9. The second-order valence-electron chi connectivity index (χ2n) is 6.76. The summed E-state index contributed by atoms with van der Waals surface area (Å²) in [6.07, 6.45) is 3.17. The zero-order valence-electron chi connectivity index (χ0n) is 16.7. The monoisotopic (exact) mass is 419 g/mol. The molecule has 0 spiro atoms. The summed E-state index contributed by atoms with van der Waals surface area (Å²) in [5.74, 6) is -1.46. The van der Waals surface area contributed by atoms with Crippen molar-refractivity contribution in [3.63, 3.8) is 0 Å². The molecule has 2 N–H and O–H groups in total. The normalized spacial score (nSPS) is 10.7. The van der Waals surface area contributed by atoms with Crippen molar-refractivity contribution in [2.24, 2.45) is 7.05 Å². The lowest BCUT2D eigenvalue weighted by atomic mass is 10.1. The van der Waals surface area contributed by atoms with E-state index in [1.165, 1.54) is 19.4 Å². The van der Waals surface area contributed by atoms with Gasteiger partial charge in [0.25, 0.3) is 11.8 Å². The molecule has 0 unspecified atom stereocenters.